The van der Waals surface area contributed by atoms with E-state index in [2.05, 4.69) is 13.8 Å². The van der Waals surface area contributed by atoms with Gasteiger partial charge in [0, 0.05) is 0 Å². The van der Waals surface area contributed by atoms with E-state index >= 15 is 0 Å². The number of hydrogen-bond acceptors (Lipinski definition) is 6. The summed E-state index contributed by atoms with van der Waals surface area (Å²) in [6.45, 7) is 12.4. The Balaban J connectivity index is 1.87. The first kappa shape index (κ1) is 29.1. The van der Waals surface area contributed by atoms with Gasteiger partial charge >= 0.3 is 11.9 Å². The number of carbonyl (C=O) groups excluding carboxylic acids is 2. The molecule has 0 aromatic carbocycles. The maximum absolute atomic E-state index is 12.8. The Morgan fingerprint density at radius 1 is 0.647 bits per heavy atom. The van der Waals surface area contributed by atoms with Crippen LogP contribution >= 0.6 is 0 Å². The normalized spacial score (nSPS) is 29.0. The largest absolute Gasteiger partial charge is 0.462 e. The molecule has 0 heterocycles. The molecule has 2 fully saturated rings. The lowest BCUT2D eigenvalue weighted by molar-refractivity contribution is -0.416. The van der Waals surface area contributed by atoms with Crippen molar-refractivity contribution in [1.29, 1.82) is 0 Å². The Morgan fingerprint density at radius 3 is 1.32 bits per heavy atom. The van der Waals surface area contributed by atoms with E-state index in [1.165, 1.54) is 12.8 Å². The first-order chi connectivity index (χ1) is 16.2. The van der Waals surface area contributed by atoms with Crippen molar-refractivity contribution in [2.75, 3.05) is 13.2 Å². The van der Waals surface area contributed by atoms with Crippen molar-refractivity contribution in [3.8, 4) is 0 Å². The molecule has 0 amide bonds. The van der Waals surface area contributed by atoms with Gasteiger partial charge in [-0.15, -0.1) is 0 Å². The van der Waals surface area contributed by atoms with E-state index in [-0.39, 0.29) is 37.0 Å². The van der Waals surface area contributed by atoms with E-state index in [9.17, 15) is 9.59 Å². The summed E-state index contributed by atoms with van der Waals surface area (Å²) < 4.78 is 11.5. The summed E-state index contributed by atoms with van der Waals surface area (Å²) in [5, 5.41) is 0. The Bertz CT molecular complexity index is 582. The first-order valence-corrected chi connectivity index (χ1v) is 13.9. The van der Waals surface area contributed by atoms with E-state index < -0.39 is 11.2 Å². The standard InChI is InChI=1S/C28H50O6/c1-7-21-15-11-13-17-23(21)25(29)31-19-27(5,9-3)33-34-28(6,10-4)20-32-26(30)24-18-14-12-16-22(24)8-2/h21-24H,7-20H2,1-6H3. The van der Waals surface area contributed by atoms with Crippen molar-refractivity contribution in [2.45, 2.75) is 130 Å². The molecule has 6 unspecified atom stereocenters. The fraction of sp³-hybridized carbons (Fsp3) is 0.929. The van der Waals surface area contributed by atoms with Crippen molar-refractivity contribution >= 4 is 11.9 Å². The van der Waals surface area contributed by atoms with Gasteiger partial charge in [0.05, 0.1) is 11.8 Å². The lowest BCUT2D eigenvalue weighted by atomic mass is 9.78. The molecular weight excluding hydrogens is 432 g/mol. The summed E-state index contributed by atoms with van der Waals surface area (Å²) in [5.41, 5.74) is -1.52. The van der Waals surface area contributed by atoms with Crippen molar-refractivity contribution in [2.24, 2.45) is 23.7 Å². The highest BCUT2D eigenvalue weighted by Crippen LogP contribution is 2.35. The first-order valence-electron chi connectivity index (χ1n) is 13.9. The van der Waals surface area contributed by atoms with Gasteiger partial charge in [-0.1, -0.05) is 66.2 Å². The fourth-order valence-corrected chi connectivity index (χ4v) is 5.25. The van der Waals surface area contributed by atoms with Crippen LogP contribution in [0, 0.1) is 23.7 Å². The molecule has 34 heavy (non-hydrogen) atoms. The van der Waals surface area contributed by atoms with Crippen molar-refractivity contribution in [1.82, 2.24) is 0 Å². The van der Waals surface area contributed by atoms with Gasteiger partial charge in [-0.3, -0.25) is 9.59 Å². The monoisotopic (exact) mass is 482 g/mol. The molecule has 0 saturated heterocycles. The van der Waals surface area contributed by atoms with E-state index in [4.69, 9.17) is 19.2 Å². The lowest BCUT2D eigenvalue weighted by Gasteiger charge is -2.35. The molecule has 6 atom stereocenters. The molecule has 2 saturated carbocycles. The Kier molecular flexibility index (Phi) is 11.8. The second kappa shape index (κ2) is 13.8. The van der Waals surface area contributed by atoms with E-state index in [1.54, 1.807) is 0 Å². The highest BCUT2D eigenvalue weighted by atomic mass is 17.2. The second-order valence-corrected chi connectivity index (χ2v) is 11.1. The summed E-state index contributed by atoms with van der Waals surface area (Å²) >= 11 is 0. The third-order valence-electron chi connectivity index (χ3n) is 8.45. The molecule has 0 N–H and O–H groups in total. The molecule has 198 valence electrons. The van der Waals surface area contributed by atoms with Crippen LogP contribution < -0.4 is 0 Å². The van der Waals surface area contributed by atoms with E-state index in [1.807, 2.05) is 27.7 Å². The van der Waals surface area contributed by atoms with Gasteiger partial charge in [-0.25, -0.2) is 9.78 Å². The van der Waals surface area contributed by atoms with Gasteiger partial charge < -0.3 is 9.47 Å². The van der Waals surface area contributed by atoms with Crippen LogP contribution in [-0.4, -0.2) is 36.4 Å². The summed E-state index contributed by atoms with van der Waals surface area (Å²) in [4.78, 5) is 37.3. The van der Waals surface area contributed by atoms with Gasteiger partial charge in [0.1, 0.15) is 24.4 Å². The van der Waals surface area contributed by atoms with Gasteiger partial charge in [-0.2, -0.15) is 0 Å². The van der Waals surface area contributed by atoms with Gasteiger partial charge in [-0.05, 0) is 64.2 Å². The molecule has 2 aliphatic carbocycles. The third-order valence-corrected chi connectivity index (χ3v) is 8.45. The molecule has 2 rings (SSSR count). The Hall–Kier alpha value is -1.14. The van der Waals surface area contributed by atoms with Gasteiger partial charge in [0.25, 0.3) is 0 Å². The highest BCUT2D eigenvalue weighted by molar-refractivity contribution is 5.73. The topological polar surface area (TPSA) is 71.1 Å². The molecule has 0 radical (unpaired) electrons. The molecule has 0 aromatic rings. The maximum atomic E-state index is 12.8. The quantitative estimate of drug-likeness (QED) is 0.163. The van der Waals surface area contributed by atoms with Crippen LogP contribution in [0.4, 0.5) is 0 Å². The minimum atomic E-state index is -0.761. The zero-order chi connectivity index (χ0) is 25.2. The molecule has 0 spiro atoms. The molecule has 0 bridgehead atoms. The summed E-state index contributed by atoms with van der Waals surface area (Å²) in [6, 6.07) is 0. The molecule has 6 heteroatoms. The number of esters is 2. The molecule has 0 aromatic heterocycles. The van der Waals surface area contributed by atoms with Crippen molar-refractivity contribution in [3.05, 3.63) is 0 Å². The van der Waals surface area contributed by atoms with Crippen molar-refractivity contribution in [3.63, 3.8) is 0 Å². The summed E-state index contributed by atoms with van der Waals surface area (Å²) in [5.74, 6) is 0.599. The number of rotatable bonds is 13. The summed E-state index contributed by atoms with van der Waals surface area (Å²) in [7, 11) is 0. The molecule has 0 aliphatic heterocycles. The van der Waals surface area contributed by atoms with Crippen LogP contribution in [0.1, 0.15) is 119 Å². The zero-order valence-corrected chi connectivity index (χ0v) is 22.7. The summed E-state index contributed by atoms with van der Waals surface area (Å²) in [6.07, 6.45) is 11.9. The lowest BCUT2D eigenvalue weighted by Crippen LogP contribution is -2.43. The zero-order valence-electron chi connectivity index (χ0n) is 22.7. The maximum Gasteiger partial charge on any atom is 0.309 e. The predicted octanol–water partition coefficient (Wildman–Crippen LogP) is 6.79. The predicted molar refractivity (Wildman–Crippen MR) is 133 cm³/mol. The Morgan fingerprint density at radius 2 is 1.00 bits per heavy atom. The molecule has 6 nitrogen and oxygen atoms in total. The van der Waals surface area contributed by atoms with Crippen LogP contribution in [0.25, 0.3) is 0 Å². The Labute approximate surface area is 207 Å². The minimum absolute atomic E-state index is 0.00664. The number of carbonyl (C=O) groups is 2. The molecular formula is C28H50O6. The minimum Gasteiger partial charge on any atom is -0.462 e. The SMILES string of the molecule is CCC1CCCCC1C(=O)OCC(C)(CC)OOC(C)(CC)COC(=O)C1CCCCC1CC. The van der Waals surface area contributed by atoms with Crippen LogP contribution in [0.3, 0.4) is 0 Å². The average Bonchev–Trinajstić information content (AvgIpc) is 2.89. The average molecular weight is 483 g/mol. The smallest absolute Gasteiger partial charge is 0.309 e. The van der Waals surface area contributed by atoms with Crippen LogP contribution in [-0.2, 0) is 28.8 Å². The van der Waals surface area contributed by atoms with E-state index in [0.29, 0.717) is 24.7 Å². The van der Waals surface area contributed by atoms with E-state index in [0.717, 1.165) is 51.4 Å². The second-order valence-electron chi connectivity index (χ2n) is 11.1. The fourth-order valence-electron chi connectivity index (χ4n) is 5.25. The van der Waals surface area contributed by atoms with Crippen LogP contribution in [0.2, 0.25) is 0 Å². The van der Waals surface area contributed by atoms with Crippen LogP contribution in [0.15, 0.2) is 0 Å². The third kappa shape index (κ3) is 8.22. The number of ether oxygens (including phenoxy) is 2. The van der Waals surface area contributed by atoms with Crippen molar-refractivity contribution < 1.29 is 28.8 Å². The van der Waals surface area contributed by atoms with Gasteiger partial charge in [0.2, 0.25) is 0 Å². The molecule has 2 aliphatic rings. The van der Waals surface area contributed by atoms with Crippen LogP contribution in [0.5, 0.6) is 0 Å². The highest BCUT2D eigenvalue weighted by Gasteiger charge is 2.37. The van der Waals surface area contributed by atoms with Gasteiger partial charge in [0.15, 0.2) is 0 Å². The number of hydrogen-bond donors (Lipinski definition) is 0.